The molecule has 0 radical (unpaired) electrons. The van der Waals surface area contributed by atoms with E-state index in [1.54, 1.807) is 13.8 Å². The van der Waals surface area contributed by atoms with Crippen molar-refractivity contribution in [3.63, 3.8) is 0 Å². The Balaban J connectivity index is 1.45. The van der Waals surface area contributed by atoms with Gasteiger partial charge in [0.25, 0.3) is 11.5 Å². The summed E-state index contributed by atoms with van der Waals surface area (Å²) in [4.78, 5) is 57.4. The number of aromatic nitrogens is 2. The lowest BCUT2D eigenvalue weighted by atomic mass is 10.1. The minimum absolute atomic E-state index is 0.0354. The molecule has 1 atom stereocenters. The van der Waals surface area contributed by atoms with Gasteiger partial charge in [-0.1, -0.05) is 36.4 Å². The van der Waals surface area contributed by atoms with E-state index in [1.807, 2.05) is 30.3 Å². The predicted molar refractivity (Wildman–Crippen MR) is 153 cm³/mol. The predicted octanol–water partition coefficient (Wildman–Crippen LogP) is 3.22. The fourth-order valence-corrected chi connectivity index (χ4v) is 5.29. The lowest BCUT2D eigenvalue weighted by molar-refractivity contribution is -0.141. The van der Waals surface area contributed by atoms with Crippen LogP contribution < -0.4 is 20.5 Å². The molecule has 11 nitrogen and oxygen atoms in total. The summed E-state index contributed by atoms with van der Waals surface area (Å²) in [6.45, 7) is 5.25. The van der Waals surface area contributed by atoms with Crippen LogP contribution in [0.4, 0.5) is 10.1 Å². The zero-order valence-electron chi connectivity index (χ0n) is 24.2. The van der Waals surface area contributed by atoms with Crippen LogP contribution >= 0.6 is 0 Å². The third-order valence-electron chi connectivity index (χ3n) is 7.44. The molecule has 1 fully saturated rings. The van der Waals surface area contributed by atoms with E-state index < -0.39 is 34.9 Å². The van der Waals surface area contributed by atoms with Crippen LogP contribution in [0.3, 0.4) is 0 Å². The van der Waals surface area contributed by atoms with Crippen LogP contribution in [0.5, 0.6) is 5.75 Å². The number of fused-ring (bicyclic) bond motifs is 1. The van der Waals surface area contributed by atoms with Crippen LogP contribution in [0.2, 0.25) is 0 Å². The van der Waals surface area contributed by atoms with Crippen LogP contribution in [-0.2, 0) is 44.4 Å². The van der Waals surface area contributed by atoms with Gasteiger partial charge in [0.1, 0.15) is 30.5 Å². The molecule has 43 heavy (non-hydrogen) atoms. The summed E-state index contributed by atoms with van der Waals surface area (Å²) in [7, 11) is 0. The summed E-state index contributed by atoms with van der Waals surface area (Å²) in [5.74, 6) is -1.90. The van der Waals surface area contributed by atoms with E-state index in [0.29, 0.717) is 24.4 Å². The minimum atomic E-state index is -0.929. The largest absolute Gasteiger partial charge is 0.481 e. The molecule has 0 unspecified atom stereocenters. The van der Waals surface area contributed by atoms with Crippen LogP contribution in [0.1, 0.15) is 61.1 Å². The van der Waals surface area contributed by atoms with E-state index in [-0.39, 0.29) is 55.8 Å². The number of halogens is 1. The van der Waals surface area contributed by atoms with E-state index in [2.05, 4.69) is 10.3 Å². The fourth-order valence-electron chi connectivity index (χ4n) is 5.29. The first-order chi connectivity index (χ1) is 20.5. The van der Waals surface area contributed by atoms with Gasteiger partial charge in [0, 0.05) is 19.9 Å². The van der Waals surface area contributed by atoms with Crippen molar-refractivity contribution in [3.05, 3.63) is 87.3 Å². The van der Waals surface area contributed by atoms with Crippen molar-refractivity contribution in [3.8, 4) is 5.75 Å². The first kappa shape index (κ1) is 29.9. The molecule has 0 spiro atoms. The van der Waals surface area contributed by atoms with Crippen LogP contribution in [0.15, 0.2) is 53.3 Å². The van der Waals surface area contributed by atoms with E-state index in [0.717, 1.165) is 5.56 Å². The van der Waals surface area contributed by atoms with E-state index in [1.165, 1.54) is 34.6 Å². The van der Waals surface area contributed by atoms with Gasteiger partial charge in [-0.15, -0.1) is 0 Å². The van der Waals surface area contributed by atoms with Gasteiger partial charge >= 0.3 is 5.97 Å². The number of carbonyl (C=O) groups excluding carboxylic acids is 3. The molecule has 1 N–H and O–H groups in total. The molecule has 1 saturated heterocycles. The molecule has 1 aromatic heterocycles. The monoisotopic (exact) mass is 592 g/mol. The van der Waals surface area contributed by atoms with Crippen molar-refractivity contribution in [2.75, 3.05) is 18.1 Å². The molecule has 2 amide bonds. The fraction of sp³-hybridized carbons (Fsp3) is 0.387. The van der Waals surface area contributed by atoms with Gasteiger partial charge < -0.3 is 24.4 Å². The first-order valence-corrected chi connectivity index (χ1v) is 14.0. The Morgan fingerprint density at radius 3 is 2.67 bits per heavy atom. The van der Waals surface area contributed by atoms with Crippen molar-refractivity contribution >= 4 is 23.5 Å². The highest BCUT2D eigenvalue weighted by Crippen LogP contribution is 2.32. The Kier molecular flexibility index (Phi) is 8.58. The molecule has 0 saturated carbocycles. The Bertz CT molecular complexity index is 1610. The topological polar surface area (TPSA) is 129 Å². The number of ether oxygens (including phenoxy) is 3. The number of esters is 1. The second kappa shape index (κ2) is 12.3. The van der Waals surface area contributed by atoms with Gasteiger partial charge in [-0.2, -0.15) is 0 Å². The van der Waals surface area contributed by atoms with E-state index in [9.17, 15) is 23.6 Å². The minimum Gasteiger partial charge on any atom is -0.481 e. The molecule has 0 bridgehead atoms. The smallest absolute Gasteiger partial charge is 0.302 e. The maximum absolute atomic E-state index is 14.4. The van der Waals surface area contributed by atoms with E-state index in [4.69, 9.17) is 14.2 Å². The highest BCUT2D eigenvalue weighted by Gasteiger charge is 2.36. The van der Waals surface area contributed by atoms with E-state index >= 15 is 0 Å². The summed E-state index contributed by atoms with van der Waals surface area (Å²) < 4.78 is 32.7. The average molecular weight is 593 g/mol. The molecule has 12 heteroatoms. The molecule has 3 heterocycles. The van der Waals surface area contributed by atoms with Gasteiger partial charge in [-0.25, -0.2) is 9.37 Å². The molecular weight excluding hydrogens is 559 g/mol. The summed E-state index contributed by atoms with van der Waals surface area (Å²) in [6.07, 6.45) is 0.634. The van der Waals surface area contributed by atoms with Gasteiger partial charge in [-0.05, 0) is 43.5 Å². The second-order valence-electron chi connectivity index (χ2n) is 10.9. The standard InChI is InChI=1S/C31H33FN4O7/c1-19(37)41-18-23-11-12-25(38)36(23)24-15-22(32)10-9-21(24)16-33-28(39)26-27(42-17-20-7-5-4-6-8-20)29(40)35-13-14-43-31(2,3)30(35)34-26/h4-10,15,23H,11-14,16-18H2,1-3H3,(H,33,39)/t23-/m1/s1. The van der Waals surface area contributed by atoms with Crippen LogP contribution in [-0.4, -0.2) is 46.6 Å². The van der Waals surface area contributed by atoms with Crippen LogP contribution in [0, 0.1) is 5.82 Å². The zero-order chi connectivity index (χ0) is 30.7. The molecular formula is C31H33FN4O7. The van der Waals surface area contributed by atoms with Crippen molar-refractivity contribution in [2.24, 2.45) is 0 Å². The third-order valence-corrected chi connectivity index (χ3v) is 7.44. The summed E-state index contributed by atoms with van der Waals surface area (Å²) >= 11 is 0. The molecule has 226 valence electrons. The number of hydrogen-bond acceptors (Lipinski definition) is 8. The molecule has 0 aliphatic carbocycles. The first-order valence-electron chi connectivity index (χ1n) is 14.0. The lowest BCUT2D eigenvalue weighted by Crippen LogP contribution is -2.43. The maximum Gasteiger partial charge on any atom is 0.302 e. The number of amides is 2. The van der Waals surface area contributed by atoms with Crippen molar-refractivity contribution < 1.29 is 33.0 Å². The number of nitrogens with zero attached hydrogens (tertiary/aromatic N) is 3. The van der Waals surface area contributed by atoms with Gasteiger partial charge in [-0.3, -0.25) is 23.7 Å². The summed E-state index contributed by atoms with van der Waals surface area (Å²) in [5, 5.41) is 2.76. The average Bonchev–Trinajstić information content (AvgIpc) is 3.35. The normalized spacial score (nSPS) is 17.3. The Morgan fingerprint density at radius 2 is 1.93 bits per heavy atom. The second-order valence-corrected chi connectivity index (χ2v) is 10.9. The number of nitrogens with one attached hydrogen (secondary N) is 1. The highest BCUT2D eigenvalue weighted by molar-refractivity contribution is 5.97. The van der Waals surface area contributed by atoms with Gasteiger partial charge in [0.2, 0.25) is 11.7 Å². The Hall–Kier alpha value is -4.58. The molecule has 3 aromatic rings. The quantitative estimate of drug-likeness (QED) is 0.375. The van der Waals surface area contributed by atoms with Crippen molar-refractivity contribution in [1.82, 2.24) is 14.9 Å². The Morgan fingerprint density at radius 1 is 1.16 bits per heavy atom. The lowest BCUT2D eigenvalue weighted by Gasteiger charge is -2.33. The van der Waals surface area contributed by atoms with Gasteiger partial charge in [0.05, 0.1) is 24.9 Å². The number of anilines is 1. The third kappa shape index (κ3) is 6.43. The van der Waals surface area contributed by atoms with Crippen LogP contribution in [0.25, 0.3) is 0 Å². The molecule has 5 rings (SSSR count). The maximum atomic E-state index is 14.4. The van der Waals surface area contributed by atoms with Gasteiger partial charge in [0.15, 0.2) is 5.69 Å². The Labute approximate surface area is 247 Å². The summed E-state index contributed by atoms with van der Waals surface area (Å²) in [5.41, 5.74) is -0.132. The number of rotatable bonds is 9. The van der Waals surface area contributed by atoms with Crippen molar-refractivity contribution in [2.45, 2.75) is 65.0 Å². The van der Waals surface area contributed by atoms with Crippen molar-refractivity contribution in [1.29, 1.82) is 0 Å². The number of benzene rings is 2. The zero-order valence-corrected chi connectivity index (χ0v) is 24.2. The SMILES string of the molecule is CC(=O)OC[C@H]1CCC(=O)N1c1cc(F)ccc1CNC(=O)c1nc2n(c(=O)c1OCc1ccccc1)CCOC2(C)C. The number of hydrogen-bond donors (Lipinski definition) is 1. The molecule has 2 aliphatic heterocycles. The summed E-state index contributed by atoms with van der Waals surface area (Å²) in [6, 6.07) is 12.6. The number of carbonyl (C=O) groups is 3. The highest BCUT2D eigenvalue weighted by atomic mass is 19.1. The molecule has 2 aromatic carbocycles. The molecule has 2 aliphatic rings.